The fourth-order valence-corrected chi connectivity index (χ4v) is 1.87. The summed E-state index contributed by atoms with van der Waals surface area (Å²) in [5.41, 5.74) is -0.110. The van der Waals surface area contributed by atoms with Crippen LogP contribution < -0.4 is 0 Å². The fraction of sp³-hybridized carbons (Fsp3) is 0. The van der Waals surface area contributed by atoms with Crippen LogP contribution in [0.15, 0.2) is 53.4 Å². The van der Waals surface area contributed by atoms with Crippen molar-refractivity contribution in [2.75, 3.05) is 0 Å². The average molecular weight is 295 g/mol. The number of carboxylic acids is 1. The second-order valence-electron chi connectivity index (χ2n) is 4.28. The van der Waals surface area contributed by atoms with Crippen molar-refractivity contribution in [3.63, 3.8) is 0 Å². The lowest BCUT2D eigenvalue weighted by atomic mass is 10.1. The number of carbonyl (C=O) groups is 2. The van der Waals surface area contributed by atoms with Gasteiger partial charge in [0.25, 0.3) is 0 Å². The van der Waals surface area contributed by atoms with E-state index in [4.69, 9.17) is 4.42 Å². The van der Waals surface area contributed by atoms with Crippen LogP contribution in [-0.2, 0) is 0 Å². The van der Waals surface area contributed by atoms with Crippen molar-refractivity contribution in [1.29, 1.82) is 0 Å². The number of hydrogen-bond donors (Lipinski definition) is 1. The largest absolute Gasteiger partial charge is 0.476 e. The highest BCUT2D eigenvalue weighted by Gasteiger charge is 2.23. The number of rotatable bonds is 4. The van der Waals surface area contributed by atoms with Crippen molar-refractivity contribution in [2.24, 2.45) is 0 Å². The SMILES string of the molecule is O=C(c1ccco1)c1cnc(-c2ccccn2)nc1C(=O)O. The first-order valence-electron chi connectivity index (χ1n) is 6.27. The van der Waals surface area contributed by atoms with E-state index >= 15 is 0 Å². The van der Waals surface area contributed by atoms with E-state index in [0.717, 1.165) is 0 Å². The zero-order valence-electron chi connectivity index (χ0n) is 11.1. The highest BCUT2D eigenvalue weighted by atomic mass is 16.4. The van der Waals surface area contributed by atoms with Crippen LogP contribution in [-0.4, -0.2) is 31.8 Å². The first kappa shape index (κ1) is 13.6. The van der Waals surface area contributed by atoms with Crippen LogP contribution in [0.3, 0.4) is 0 Å². The molecule has 3 aromatic rings. The van der Waals surface area contributed by atoms with Gasteiger partial charge in [0, 0.05) is 12.4 Å². The Bertz CT molecular complexity index is 829. The van der Waals surface area contributed by atoms with E-state index in [1.54, 1.807) is 24.4 Å². The summed E-state index contributed by atoms with van der Waals surface area (Å²) in [5.74, 6) is -1.75. The Hall–Kier alpha value is -3.35. The van der Waals surface area contributed by atoms with E-state index < -0.39 is 17.4 Å². The molecule has 3 aromatic heterocycles. The molecule has 0 saturated carbocycles. The number of hydrogen-bond acceptors (Lipinski definition) is 6. The molecule has 7 nitrogen and oxygen atoms in total. The first-order chi connectivity index (χ1) is 10.7. The molecule has 0 unspecified atom stereocenters. The van der Waals surface area contributed by atoms with Gasteiger partial charge in [0.15, 0.2) is 17.3 Å². The smallest absolute Gasteiger partial charge is 0.355 e. The molecule has 0 fully saturated rings. The predicted molar refractivity (Wildman–Crippen MR) is 74.4 cm³/mol. The van der Waals surface area contributed by atoms with Crippen molar-refractivity contribution < 1.29 is 19.1 Å². The topological polar surface area (TPSA) is 106 Å². The Morgan fingerprint density at radius 1 is 1.09 bits per heavy atom. The van der Waals surface area contributed by atoms with Crippen molar-refractivity contribution in [3.8, 4) is 11.5 Å². The second-order valence-corrected chi connectivity index (χ2v) is 4.28. The number of nitrogens with zero attached hydrogens (tertiary/aromatic N) is 3. The molecule has 0 saturated heterocycles. The van der Waals surface area contributed by atoms with E-state index in [9.17, 15) is 14.7 Å². The molecule has 1 N–H and O–H groups in total. The number of aromatic nitrogens is 3. The zero-order valence-corrected chi connectivity index (χ0v) is 11.1. The average Bonchev–Trinajstić information content (AvgIpc) is 3.09. The molecular weight excluding hydrogens is 286 g/mol. The molecule has 0 atom stereocenters. The minimum atomic E-state index is -1.32. The van der Waals surface area contributed by atoms with Crippen molar-refractivity contribution in [3.05, 3.63) is 66.0 Å². The summed E-state index contributed by atoms with van der Waals surface area (Å²) in [6.07, 6.45) is 4.04. The maximum atomic E-state index is 12.2. The van der Waals surface area contributed by atoms with Gasteiger partial charge in [-0.15, -0.1) is 0 Å². The van der Waals surface area contributed by atoms with E-state index in [0.29, 0.717) is 5.69 Å². The minimum absolute atomic E-state index is 0.0247. The molecule has 108 valence electrons. The Labute approximate surface area is 124 Å². The lowest BCUT2D eigenvalue weighted by Gasteiger charge is -2.05. The van der Waals surface area contributed by atoms with E-state index in [1.165, 1.54) is 24.6 Å². The lowest BCUT2D eigenvalue weighted by Crippen LogP contribution is -2.13. The van der Waals surface area contributed by atoms with Crippen LogP contribution in [0.5, 0.6) is 0 Å². The summed E-state index contributed by atoms with van der Waals surface area (Å²) in [6.45, 7) is 0. The Balaban J connectivity index is 2.09. The number of carboxylic acid groups (broad SMARTS) is 1. The van der Waals surface area contributed by atoms with Crippen LogP contribution in [0, 0.1) is 0 Å². The van der Waals surface area contributed by atoms with Crippen LogP contribution in [0.25, 0.3) is 11.5 Å². The van der Waals surface area contributed by atoms with E-state index in [1.807, 2.05) is 0 Å². The van der Waals surface area contributed by atoms with Crippen molar-refractivity contribution >= 4 is 11.8 Å². The Morgan fingerprint density at radius 2 is 1.95 bits per heavy atom. The molecule has 3 heterocycles. The van der Waals surface area contributed by atoms with Gasteiger partial charge in [0.05, 0.1) is 11.8 Å². The van der Waals surface area contributed by atoms with Gasteiger partial charge < -0.3 is 9.52 Å². The molecule has 7 heteroatoms. The molecule has 22 heavy (non-hydrogen) atoms. The van der Waals surface area contributed by atoms with Crippen LogP contribution >= 0.6 is 0 Å². The highest BCUT2D eigenvalue weighted by molar-refractivity contribution is 6.12. The maximum absolute atomic E-state index is 12.2. The third-order valence-electron chi connectivity index (χ3n) is 2.87. The molecular formula is C15H9N3O4. The first-order valence-corrected chi connectivity index (χ1v) is 6.27. The summed E-state index contributed by atoms with van der Waals surface area (Å²) in [5, 5.41) is 9.29. The predicted octanol–water partition coefficient (Wildman–Crippen LogP) is 2.06. The quantitative estimate of drug-likeness (QED) is 0.734. The number of aromatic carboxylic acids is 1. The molecule has 0 spiro atoms. The maximum Gasteiger partial charge on any atom is 0.355 e. The molecule has 3 rings (SSSR count). The molecule has 0 amide bonds. The van der Waals surface area contributed by atoms with Gasteiger partial charge >= 0.3 is 5.97 Å². The van der Waals surface area contributed by atoms with Gasteiger partial charge in [0.1, 0.15) is 5.69 Å². The molecule has 0 radical (unpaired) electrons. The number of furan rings is 1. The molecule has 0 aliphatic carbocycles. The van der Waals surface area contributed by atoms with Crippen molar-refractivity contribution in [1.82, 2.24) is 15.0 Å². The molecule has 0 aliphatic heterocycles. The van der Waals surface area contributed by atoms with Gasteiger partial charge in [0.2, 0.25) is 5.78 Å². The van der Waals surface area contributed by atoms with Gasteiger partial charge in [-0.2, -0.15) is 0 Å². The zero-order chi connectivity index (χ0) is 15.5. The van der Waals surface area contributed by atoms with E-state index in [-0.39, 0.29) is 17.1 Å². The van der Waals surface area contributed by atoms with Crippen LogP contribution in [0.2, 0.25) is 0 Å². The van der Waals surface area contributed by atoms with Gasteiger partial charge in [-0.1, -0.05) is 6.07 Å². The van der Waals surface area contributed by atoms with E-state index in [2.05, 4.69) is 15.0 Å². The number of carbonyl (C=O) groups excluding carboxylic acids is 1. The van der Waals surface area contributed by atoms with Crippen LogP contribution in [0.4, 0.5) is 0 Å². The lowest BCUT2D eigenvalue weighted by molar-refractivity contribution is 0.0685. The summed E-state index contributed by atoms with van der Waals surface area (Å²) < 4.78 is 4.99. The fourth-order valence-electron chi connectivity index (χ4n) is 1.87. The third kappa shape index (κ3) is 2.47. The molecule has 0 aromatic carbocycles. The summed E-state index contributed by atoms with van der Waals surface area (Å²) in [7, 11) is 0. The highest BCUT2D eigenvalue weighted by Crippen LogP contribution is 2.17. The molecule has 0 aliphatic rings. The third-order valence-corrected chi connectivity index (χ3v) is 2.87. The number of pyridine rings is 1. The molecule has 0 bridgehead atoms. The van der Waals surface area contributed by atoms with Gasteiger partial charge in [-0.3, -0.25) is 9.78 Å². The van der Waals surface area contributed by atoms with Gasteiger partial charge in [-0.25, -0.2) is 14.8 Å². The van der Waals surface area contributed by atoms with Gasteiger partial charge in [-0.05, 0) is 24.3 Å². The second kappa shape index (κ2) is 5.57. The minimum Gasteiger partial charge on any atom is -0.476 e. The standard InChI is InChI=1S/C15H9N3O4/c19-13(11-5-3-7-22-11)9-8-17-14(18-12(9)15(20)21)10-4-1-2-6-16-10/h1-8H,(H,20,21). The summed E-state index contributed by atoms with van der Waals surface area (Å²) in [6, 6.07) is 8.08. The monoisotopic (exact) mass is 295 g/mol. The Kier molecular flexibility index (Phi) is 3.45. The number of ketones is 1. The van der Waals surface area contributed by atoms with Crippen molar-refractivity contribution in [2.45, 2.75) is 0 Å². The summed E-state index contributed by atoms with van der Waals surface area (Å²) in [4.78, 5) is 35.6. The Morgan fingerprint density at radius 3 is 2.59 bits per heavy atom. The van der Waals surface area contributed by atoms with Crippen LogP contribution in [0.1, 0.15) is 26.6 Å². The normalized spacial score (nSPS) is 10.4. The summed E-state index contributed by atoms with van der Waals surface area (Å²) >= 11 is 0.